The van der Waals surface area contributed by atoms with Gasteiger partial charge in [-0.15, -0.1) is 11.3 Å². The summed E-state index contributed by atoms with van der Waals surface area (Å²) in [6.07, 6.45) is -3.64. The first-order valence-corrected chi connectivity index (χ1v) is 15.6. The number of thiazole rings is 1. The summed E-state index contributed by atoms with van der Waals surface area (Å²) in [7, 11) is 2.07. The molecule has 1 saturated heterocycles. The highest BCUT2D eigenvalue weighted by Gasteiger charge is 2.41. The van der Waals surface area contributed by atoms with Crippen LogP contribution in [-0.2, 0) is 27.3 Å². The number of halogens is 3. The Hall–Kier alpha value is -4.74. The van der Waals surface area contributed by atoms with E-state index in [0.29, 0.717) is 24.0 Å². The highest BCUT2D eigenvalue weighted by Crippen LogP contribution is 2.27. The van der Waals surface area contributed by atoms with Crippen LogP contribution in [0.3, 0.4) is 0 Å². The number of carbonyl (C=O) groups is 4. The lowest BCUT2D eigenvalue weighted by molar-refractivity contribution is -0.928. The van der Waals surface area contributed by atoms with E-state index in [-0.39, 0.29) is 35.4 Å². The average molecular weight is 696 g/mol. The minimum atomic E-state index is -5.19. The molecule has 3 aromatic rings. The molecular weight excluding hydrogens is 659 g/mol. The van der Waals surface area contributed by atoms with Crippen molar-refractivity contribution in [3.63, 3.8) is 0 Å². The molecule has 2 heterocycles. The van der Waals surface area contributed by atoms with Crippen molar-refractivity contribution >= 4 is 40.3 Å². The van der Waals surface area contributed by atoms with E-state index in [0.717, 1.165) is 35.4 Å². The molecule has 5 N–H and O–H groups in total. The second-order valence-electron chi connectivity index (χ2n) is 11.3. The fraction of sp³-hybridized carbons (Fsp3) is 0.387. The quantitative estimate of drug-likeness (QED) is 0.191. The number of esters is 1. The summed E-state index contributed by atoms with van der Waals surface area (Å²) >= 11 is 1.06. The number of alkyl halides is 3. The Labute approximate surface area is 278 Å². The normalized spacial score (nSPS) is 18.1. The Kier molecular flexibility index (Phi) is 12.9. The summed E-state index contributed by atoms with van der Waals surface area (Å²) in [5, 5.41) is 32.7. The number of carboxylic acid groups (broad SMARTS) is 1. The number of urea groups is 1. The number of nitrogens with one attached hydrogen (secondary N) is 1. The van der Waals surface area contributed by atoms with Crippen LogP contribution in [0.4, 0.5) is 23.1 Å². The summed E-state index contributed by atoms with van der Waals surface area (Å²) in [6, 6.07) is 11.4. The predicted octanol–water partition coefficient (Wildman–Crippen LogP) is 2.77. The molecule has 48 heavy (non-hydrogen) atoms. The van der Waals surface area contributed by atoms with E-state index < -0.39 is 42.1 Å². The number of ether oxygens (including phenoxy) is 1. The first kappa shape index (κ1) is 37.7. The van der Waals surface area contributed by atoms with Crippen molar-refractivity contribution in [1.82, 2.24) is 9.88 Å². The number of anilines is 1. The lowest BCUT2D eigenvalue weighted by atomic mass is 9.98. The maximum absolute atomic E-state index is 13.8. The zero-order valence-electron chi connectivity index (χ0n) is 26.1. The molecule has 0 bridgehead atoms. The fourth-order valence-electron chi connectivity index (χ4n) is 5.23. The molecule has 260 valence electrons. The number of hydrogen-bond donors (Lipinski definition) is 4. The molecule has 3 atom stereocenters. The van der Waals surface area contributed by atoms with Crippen LogP contribution in [0.2, 0.25) is 0 Å². The van der Waals surface area contributed by atoms with Gasteiger partial charge in [0.15, 0.2) is 10.8 Å². The summed E-state index contributed by atoms with van der Waals surface area (Å²) in [6.45, 7) is 3.83. The molecule has 3 amide bonds. The van der Waals surface area contributed by atoms with Gasteiger partial charge in [0, 0.05) is 10.9 Å². The number of nitrogens with zero attached hydrogens (tertiary/aromatic N) is 3. The minimum absolute atomic E-state index is 0.0714. The third-order valence-corrected chi connectivity index (χ3v) is 8.08. The topological polar surface area (TPSA) is 195 Å². The van der Waals surface area contributed by atoms with E-state index in [9.17, 15) is 37.8 Å². The molecule has 4 rings (SSSR count). The Morgan fingerprint density at radius 3 is 2.42 bits per heavy atom. The number of nitrogens with two attached hydrogens (primary N) is 1. The molecule has 0 saturated carbocycles. The van der Waals surface area contributed by atoms with Gasteiger partial charge in [-0.05, 0) is 56.0 Å². The maximum Gasteiger partial charge on any atom is 0.430 e. The van der Waals surface area contributed by atoms with Crippen molar-refractivity contribution in [1.29, 1.82) is 0 Å². The van der Waals surface area contributed by atoms with Crippen molar-refractivity contribution in [3.05, 3.63) is 70.7 Å². The molecule has 0 spiro atoms. The number of quaternary nitrogens is 1. The van der Waals surface area contributed by atoms with Crippen molar-refractivity contribution in [2.45, 2.75) is 51.0 Å². The maximum atomic E-state index is 13.8. The lowest BCUT2D eigenvalue weighted by Gasteiger charge is -2.44. The number of piperidine rings is 1. The summed E-state index contributed by atoms with van der Waals surface area (Å²) < 4.78 is 37.1. The smallest absolute Gasteiger partial charge is 0.430 e. The minimum Gasteiger partial charge on any atom is -0.542 e. The van der Waals surface area contributed by atoms with Crippen molar-refractivity contribution in [2.24, 2.45) is 5.73 Å². The van der Waals surface area contributed by atoms with Crippen LogP contribution < -0.4 is 16.2 Å². The number of aliphatic carboxylic acids is 1. The molecule has 1 aliphatic rings. The number of rotatable bonds is 9. The first-order chi connectivity index (χ1) is 22.5. The van der Waals surface area contributed by atoms with E-state index in [1.165, 1.54) is 22.4 Å². The van der Waals surface area contributed by atoms with E-state index in [2.05, 4.69) is 17.3 Å². The number of carboxylic acids is 1. The number of phenols is 2. The molecule has 1 aliphatic heterocycles. The molecule has 13 nitrogen and oxygen atoms in total. The van der Waals surface area contributed by atoms with Crippen molar-refractivity contribution in [2.75, 3.05) is 32.1 Å². The fourth-order valence-corrected chi connectivity index (χ4v) is 5.90. The Morgan fingerprint density at radius 2 is 1.81 bits per heavy atom. The van der Waals surface area contributed by atoms with Gasteiger partial charge in [0.05, 0.1) is 32.3 Å². The second-order valence-corrected chi connectivity index (χ2v) is 12.2. The zero-order chi connectivity index (χ0) is 35.6. The van der Waals surface area contributed by atoms with Gasteiger partial charge in [0.25, 0.3) is 0 Å². The number of hydrogen-bond acceptors (Lipinski definition) is 11. The van der Waals surface area contributed by atoms with Crippen molar-refractivity contribution < 1.29 is 56.9 Å². The summed E-state index contributed by atoms with van der Waals surface area (Å²) in [5.74, 6) is -3.85. The number of amides is 3. The lowest BCUT2D eigenvalue weighted by Crippen LogP contribution is -2.62. The number of phenolic OH excluding ortho intramolecular Hbond substituents is 2. The van der Waals surface area contributed by atoms with Gasteiger partial charge in [0.1, 0.15) is 30.6 Å². The molecule has 0 radical (unpaired) electrons. The number of aromatic hydroxyl groups is 2. The van der Waals surface area contributed by atoms with Crippen LogP contribution in [0, 0.1) is 0 Å². The van der Waals surface area contributed by atoms with Gasteiger partial charge in [-0.3, -0.25) is 15.0 Å². The molecule has 1 aromatic heterocycles. The largest absolute Gasteiger partial charge is 0.542 e. The van der Waals surface area contributed by atoms with Gasteiger partial charge in [-0.25, -0.2) is 14.6 Å². The van der Waals surface area contributed by atoms with Crippen LogP contribution >= 0.6 is 11.3 Å². The average Bonchev–Trinajstić information content (AvgIpc) is 3.47. The number of carbonyl (C=O) groups excluding carboxylic acids is 4. The van der Waals surface area contributed by atoms with Crippen LogP contribution in [0.25, 0.3) is 0 Å². The third kappa shape index (κ3) is 10.9. The van der Waals surface area contributed by atoms with Gasteiger partial charge in [-0.2, -0.15) is 13.2 Å². The zero-order valence-corrected chi connectivity index (χ0v) is 26.9. The molecular formula is C31H36F3N5O8S. The highest BCUT2D eigenvalue weighted by atomic mass is 32.1. The monoisotopic (exact) mass is 695 g/mol. The number of benzene rings is 2. The summed E-state index contributed by atoms with van der Waals surface area (Å²) in [5.41, 5.74) is 8.14. The molecule has 1 fully saturated rings. The SMILES string of the molecule is CCOC(=O)c1csc(NC(=O)N(C(=O)[C@@H](N)Cc2ccc(O)cc2)[C@H]2CCC[N+](C)(Cc3cccc(O)c3)C2)n1.O=C([O-])C(F)(F)F. The molecule has 2 aromatic carbocycles. The number of imide groups is 1. The Morgan fingerprint density at radius 1 is 1.15 bits per heavy atom. The first-order valence-electron chi connectivity index (χ1n) is 14.7. The summed E-state index contributed by atoms with van der Waals surface area (Å²) in [4.78, 5) is 53.7. The van der Waals surface area contributed by atoms with E-state index in [4.69, 9.17) is 20.4 Å². The Bertz CT molecular complexity index is 1590. The van der Waals surface area contributed by atoms with Crippen LogP contribution in [0.15, 0.2) is 53.9 Å². The number of likely N-dealkylation sites (N-methyl/N-ethyl adjacent to an activating group) is 1. The van der Waals surface area contributed by atoms with Crippen LogP contribution in [-0.4, -0.2) is 93.5 Å². The second kappa shape index (κ2) is 16.4. The van der Waals surface area contributed by atoms with Crippen LogP contribution in [0.5, 0.6) is 11.5 Å². The number of aromatic nitrogens is 1. The van der Waals surface area contributed by atoms with Crippen molar-refractivity contribution in [3.8, 4) is 11.5 Å². The highest BCUT2D eigenvalue weighted by molar-refractivity contribution is 7.14. The molecule has 17 heteroatoms. The van der Waals surface area contributed by atoms with E-state index in [1.54, 1.807) is 37.3 Å². The van der Waals surface area contributed by atoms with E-state index >= 15 is 0 Å². The van der Waals surface area contributed by atoms with Gasteiger partial charge in [0.2, 0.25) is 5.91 Å². The van der Waals surface area contributed by atoms with Crippen LogP contribution in [0.1, 0.15) is 41.4 Å². The van der Waals surface area contributed by atoms with Gasteiger partial charge < -0.3 is 35.1 Å². The van der Waals surface area contributed by atoms with E-state index in [1.807, 2.05) is 6.07 Å². The third-order valence-electron chi connectivity index (χ3n) is 7.33. The molecule has 1 unspecified atom stereocenters. The predicted molar refractivity (Wildman–Crippen MR) is 166 cm³/mol. The standard InChI is InChI=1S/C29H35N5O6S.C2HF3O2/c1-3-40-27(38)25-18-41-28(31-25)32-29(39)33(26(37)24(30)15-19-9-11-22(35)12-10-19)21-7-5-13-34(2,17-21)16-20-6-4-8-23(36)14-20;3-2(4,5)1(6)7/h4,6,8-12,14,18,21,24H,3,5,7,13,15-17,30H2,1-2H3,(H2-,31,32,35,36,39);(H,6,7)/t21-,24-,34?;/m0./s1. The number of likely N-dealkylation sites (tertiary alicyclic amines) is 1. The molecule has 0 aliphatic carbocycles. The Balaban J connectivity index is 0.000000804. The van der Waals surface area contributed by atoms with Gasteiger partial charge in [-0.1, -0.05) is 24.3 Å². The van der Waals surface area contributed by atoms with Gasteiger partial charge >= 0.3 is 18.2 Å².